The first kappa shape index (κ1) is 16.4. The van der Waals surface area contributed by atoms with Gasteiger partial charge in [-0.05, 0) is 55.5 Å². The Kier molecular flexibility index (Phi) is 4.95. The first-order chi connectivity index (χ1) is 11.0. The van der Waals surface area contributed by atoms with Crippen LogP contribution in [0, 0.1) is 0 Å². The molecule has 3 nitrogen and oxygen atoms in total. The normalized spacial score (nSPS) is 17.0. The standard InChI is InChI=1S/C17H14Cl2N2OS/c1-11-10-23-17(20-11)21(15-8-6-14(19)7-9-15)16(22)12-2-4-13(18)5-3-12/h2-9,11H,10H2,1H3. The Hall–Kier alpha value is -1.49. The van der Waals surface area contributed by atoms with Crippen LogP contribution in [0.5, 0.6) is 0 Å². The van der Waals surface area contributed by atoms with E-state index in [0.29, 0.717) is 20.8 Å². The summed E-state index contributed by atoms with van der Waals surface area (Å²) in [5.74, 6) is 0.734. The van der Waals surface area contributed by atoms with E-state index >= 15 is 0 Å². The lowest BCUT2D eigenvalue weighted by Gasteiger charge is -2.22. The van der Waals surface area contributed by atoms with E-state index in [9.17, 15) is 4.79 Å². The van der Waals surface area contributed by atoms with Crippen LogP contribution in [0.1, 0.15) is 17.3 Å². The van der Waals surface area contributed by atoms with E-state index in [0.717, 1.165) is 11.4 Å². The van der Waals surface area contributed by atoms with Crippen molar-refractivity contribution in [3.8, 4) is 0 Å². The van der Waals surface area contributed by atoms with Crippen molar-refractivity contribution in [3.63, 3.8) is 0 Å². The highest BCUT2D eigenvalue weighted by atomic mass is 35.5. The zero-order valence-electron chi connectivity index (χ0n) is 12.4. The summed E-state index contributed by atoms with van der Waals surface area (Å²) in [5.41, 5.74) is 1.31. The van der Waals surface area contributed by atoms with Crippen molar-refractivity contribution in [1.82, 2.24) is 0 Å². The van der Waals surface area contributed by atoms with E-state index in [1.54, 1.807) is 53.1 Å². The summed E-state index contributed by atoms with van der Waals surface area (Å²) in [4.78, 5) is 19.2. The Morgan fingerprint density at radius 1 is 1.09 bits per heavy atom. The molecule has 1 amide bonds. The van der Waals surface area contributed by atoms with Crippen molar-refractivity contribution >= 4 is 51.7 Å². The number of amidine groups is 1. The number of hydrogen-bond acceptors (Lipinski definition) is 3. The number of thioether (sulfide) groups is 1. The minimum absolute atomic E-state index is 0.135. The number of rotatable bonds is 2. The van der Waals surface area contributed by atoms with Gasteiger partial charge in [0.25, 0.3) is 5.91 Å². The fraction of sp³-hybridized carbons (Fsp3) is 0.176. The molecular weight excluding hydrogens is 351 g/mol. The van der Waals surface area contributed by atoms with Crippen LogP contribution >= 0.6 is 35.0 Å². The van der Waals surface area contributed by atoms with Crippen LogP contribution < -0.4 is 4.90 Å². The van der Waals surface area contributed by atoms with Crippen LogP contribution in [-0.4, -0.2) is 22.9 Å². The quantitative estimate of drug-likeness (QED) is 0.739. The molecule has 0 aromatic heterocycles. The number of aliphatic imine (C=N–C) groups is 1. The molecule has 23 heavy (non-hydrogen) atoms. The van der Waals surface area contributed by atoms with E-state index in [1.807, 2.05) is 19.1 Å². The zero-order chi connectivity index (χ0) is 16.4. The van der Waals surface area contributed by atoms with Crippen molar-refractivity contribution < 1.29 is 4.79 Å². The summed E-state index contributed by atoms with van der Waals surface area (Å²) in [6.45, 7) is 2.03. The molecule has 0 N–H and O–H groups in total. The van der Waals surface area contributed by atoms with E-state index in [4.69, 9.17) is 23.2 Å². The smallest absolute Gasteiger partial charge is 0.264 e. The minimum Gasteiger partial charge on any atom is -0.268 e. The molecule has 1 aliphatic rings. The molecule has 0 radical (unpaired) electrons. The van der Waals surface area contributed by atoms with Gasteiger partial charge in [0.1, 0.15) is 0 Å². The molecular formula is C17H14Cl2N2OS. The van der Waals surface area contributed by atoms with Gasteiger partial charge in [-0.3, -0.25) is 14.7 Å². The van der Waals surface area contributed by atoms with Crippen LogP contribution in [-0.2, 0) is 0 Å². The molecule has 1 heterocycles. The van der Waals surface area contributed by atoms with Gasteiger partial charge >= 0.3 is 0 Å². The van der Waals surface area contributed by atoms with Crippen LogP contribution in [0.4, 0.5) is 5.69 Å². The molecule has 6 heteroatoms. The number of amides is 1. The Bertz CT molecular complexity index is 744. The van der Waals surface area contributed by atoms with Crippen molar-refractivity contribution in [3.05, 3.63) is 64.1 Å². The third-order valence-corrected chi connectivity index (χ3v) is 5.05. The van der Waals surface area contributed by atoms with E-state index < -0.39 is 0 Å². The summed E-state index contributed by atoms with van der Waals surface area (Å²) >= 11 is 13.4. The van der Waals surface area contributed by atoms with Gasteiger partial charge in [-0.2, -0.15) is 0 Å². The average Bonchev–Trinajstić information content (AvgIpc) is 2.96. The zero-order valence-corrected chi connectivity index (χ0v) is 14.7. The number of benzene rings is 2. The van der Waals surface area contributed by atoms with Gasteiger partial charge in [-0.25, -0.2) is 0 Å². The molecule has 2 aromatic carbocycles. The molecule has 2 aromatic rings. The molecule has 0 bridgehead atoms. The third kappa shape index (κ3) is 3.71. The summed E-state index contributed by atoms with van der Waals surface area (Å²) < 4.78 is 0. The summed E-state index contributed by atoms with van der Waals surface area (Å²) in [6, 6.07) is 14.2. The highest BCUT2D eigenvalue weighted by Gasteiger charge is 2.27. The van der Waals surface area contributed by atoms with Crippen molar-refractivity contribution in [2.75, 3.05) is 10.7 Å². The lowest BCUT2D eigenvalue weighted by molar-refractivity contribution is 0.100. The maximum Gasteiger partial charge on any atom is 0.264 e. The fourth-order valence-electron chi connectivity index (χ4n) is 2.21. The van der Waals surface area contributed by atoms with Crippen LogP contribution in [0.3, 0.4) is 0 Å². The second-order valence-electron chi connectivity index (χ2n) is 5.20. The molecule has 0 fully saturated rings. The lowest BCUT2D eigenvalue weighted by Crippen LogP contribution is -2.34. The number of carbonyl (C=O) groups excluding carboxylic acids is 1. The molecule has 118 valence electrons. The molecule has 0 aliphatic carbocycles. The van der Waals surface area contributed by atoms with Gasteiger partial charge in [0.2, 0.25) is 0 Å². The highest BCUT2D eigenvalue weighted by Crippen LogP contribution is 2.28. The van der Waals surface area contributed by atoms with Crippen molar-refractivity contribution in [1.29, 1.82) is 0 Å². The molecule has 0 spiro atoms. The van der Waals surface area contributed by atoms with Crippen molar-refractivity contribution in [2.24, 2.45) is 4.99 Å². The first-order valence-corrected chi connectivity index (χ1v) is 8.85. The van der Waals surface area contributed by atoms with E-state index in [2.05, 4.69) is 4.99 Å². The molecule has 1 aliphatic heterocycles. The SMILES string of the molecule is CC1CSC(N(C(=O)c2ccc(Cl)cc2)c2ccc(Cl)cc2)=N1. The largest absolute Gasteiger partial charge is 0.268 e. The number of hydrogen-bond donors (Lipinski definition) is 0. The number of nitrogens with zero attached hydrogens (tertiary/aromatic N) is 2. The van der Waals surface area contributed by atoms with Gasteiger partial charge < -0.3 is 0 Å². The minimum atomic E-state index is -0.135. The summed E-state index contributed by atoms with van der Waals surface area (Å²) in [7, 11) is 0. The predicted octanol–water partition coefficient (Wildman–Crippen LogP) is 5.13. The van der Waals surface area contributed by atoms with Gasteiger partial charge in [0.15, 0.2) is 5.17 Å². The maximum atomic E-state index is 13.0. The summed E-state index contributed by atoms with van der Waals surface area (Å²) in [6.07, 6.45) is 0. The Labute approximate surface area is 149 Å². The average molecular weight is 365 g/mol. The highest BCUT2D eigenvalue weighted by molar-refractivity contribution is 8.14. The van der Waals surface area contributed by atoms with Crippen LogP contribution in [0.2, 0.25) is 10.0 Å². The van der Waals surface area contributed by atoms with Crippen LogP contribution in [0.25, 0.3) is 0 Å². The molecule has 1 unspecified atom stereocenters. The second-order valence-corrected chi connectivity index (χ2v) is 7.06. The first-order valence-electron chi connectivity index (χ1n) is 7.11. The Balaban J connectivity index is 2.01. The number of halogens is 2. The van der Waals surface area contributed by atoms with Gasteiger partial charge in [0, 0.05) is 21.4 Å². The summed E-state index contributed by atoms with van der Waals surface area (Å²) in [5, 5.41) is 1.93. The third-order valence-electron chi connectivity index (χ3n) is 3.35. The van der Waals surface area contributed by atoms with Crippen LogP contribution in [0.15, 0.2) is 53.5 Å². The molecule has 0 saturated heterocycles. The fourth-order valence-corrected chi connectivity index (χ4v) is 3.50. The Morgan fingerprint density at radius 2 is 1.65 bits per heavy atom. The number of anilines is 1. The van der Waals surface area contributed by atoms with Gasteiger partial charge in [-0.1, -0.05) is 35.0 Å². The monoisotopic (exact) mass is 364 g/mol. The Morgan fingerprint density at radius 3 is 2.17 bits per heavy atom. The predicted molar refractivity (Wildman–Crippen MR) is 99.1 cm³/mol. The second kappa shape index (κ2) is 6.95. The molecule has 0 saturated carbocycles. The lowest BCUT2D eigenvalue weighted by atomic mass is 10.2. The van der Waals surface area contributed by atoms with Crippen molar-refractivity contribution in [2.45, 2.75) is 13.0 Å². The topological polar surface area (TPSA) is 32.7 Å². The van der Waals surface area contributed by atoms with Gasteiger partial charge in [0.05, 0.1) is 11.7 Å². The maximum absolute atomic E-state index is 13.0. The van der Waals surface area contributed by atoms with E-state index in [1.165, 1.54) is 0 Å². The van der Waals surface area contributed by atoms with Gasteiger partial charge in [-0.15, -0.1) is 0 Å². The molecule has 1 atom stereocenters. The van der Waals surface area contributed by atoms with E-state index in [-0.39, 0.29) is 11.9 Å². The number of carbonyl (C=O) groups is 1. The molecule has 3 rings (SSSR count).